The molecule has 8 heteroatoms. The number of carboxylic acid groups (broad SMARTS) is 1. The van der Waals surface area contributed by atoms with Crippen LogP contribution >= 0.6 is 0 Å². The van der Waals surface area contributed by atoms with Gasteiger partial charge in [0.05, 0.1) is 11.3 Å². The Balaban J connectivity index is 2.51. The number of alkyl halides is 3. The minimum Gasteiger partial charge on any atom is -0.506 e. The van der Waals surface area contributed by atoms with E-state index in [1.54, 1.807) is 18.2 Å². The summed E-state index contributed by atoms with van der Waals surface area (Å²) >= 11 is 0. The van der Waals surface area contributed by atoms with Crippen LogP contribution in [0.5, 0.6) is 0 Å². The van der Waals surface area contributed by atoms with Gasteiger partial charge in [0.2, 0.25) is 0 Å². The van der Waals surface area contributed by atoms with E-state index in [0.29, 0.717) is 6.21 Å². The summed E-state index contributed by atoms with van der Waals surface area (Å²) in [7, 11) is 0. The average molecular weight is 353 g/mol. The molecule has 0 aliphatic rings. The average Bonchev–Trinajstić information content (AvgIpc) is 2.55. The third-order valence-corrected chi connectivity index (χ3v) is 3.13. The molecular weight excluding hydrogens is 342 g/mol. The number of carboxylic acids is 1. The van der Waals surface area contributed by atoms with E-state index in [0.717, 1.165) is 12.1 Å². The summed E-state index contributed by atoms with van der Waals surface area (Å²) in [5.74, 6) is -3.35. The fourth-order valence-electron chi connectivity index (χ4n) is 1.95. The zero-order valence-corrected chi connectivity index (χ0v) is 12.5. The van der Waals surface area contributed by atoms with E-state index in [9.17, 15) is 27.5 Å². The molecule has 4 nitrogen and oxygen atoms in total. The van der Waals surface area contributed by atoms with Gasteiger partial charge in [-0.1, -0.05) is 30.3 Å². The first-order valence-electron chi connectivity index (χ1n) is 6.83. The molecule has 2 N–H and O–H groups in total. The predicted molar refractivity (Wildman–Crippen MR) is 83.2 cm³/mol. The largest absolute Gasteiger partial charge is 0.506 e. The molecule has 0 amide bonds. The highest BCUT2D eigenvalue weighted by atomic mass is 19.4. The summed E-state index contributed by atoms with van der Waals surface area (Å²) in [6.07, 6.45) is -4.28. The number of nitrogens with zero attached hydrogens (tertiary/aromatic N) is 1. The Bertz CT molecular complexity index is 843. The predicted octanol–water partition coefficient (Wildman–Crippen LogP) is 4.60. The summed E-state index contributed by atoms with van der Waals surface area (Å²) < 4.78 is 51.8. The smallest absolute Gasteiger partial charge is 0.418 e. The maximum Gasteiger partial charge on any atom is 0.418 e. The molecule has 0 aliphatic carbocycles. The Labute approximate surface area is 139 Å². The lowest BCUT2D eigenvalue weighted by Gasteiger charge is -2.10. The minimum absolute atomic E-state index is 0.154. The van der Waals surface area contributed by atoms with Crippen LogP contribution in [-0.2, 0) is 11.0 Å². The topological polar surface area (TPSA) is 69.9 Å². The number of aliphatic hydroxyl groups is 1. The van der Waals surface area contributed by atoms with Gasteiger partial charge in [0, 0.05) is 11.8 Å². The molecule has 0 unspecified atom stereocenters. The Morgan fingerprint density at radius 1 is 1.04 bits per heavy atom. The van der Waals surface area contributed by atoms with Crippen molar-refractivity contribution in [2.75, 3.05) is 0 Å². The molecule has 2 rings (SSSR count). The van der Waals surface area contributed by atoms with Crippen LogP contribution in [0.2, 0.25) is 0 Å². The third-order valence-electron chi connectivity index (χ3n) is 3.13. The molecule has 0 spiro atoms. The van der Waals surface area contributed by atoms with Gasteiger partial charge in [0.15, 0.2) is 0 Å². The number of aliphatic hydroxyl groups excluding tert-OH is 1. The Hall–Kier alpha value is -3.16. The van der Waals surface area contributed by atoms with Crippen LogP contribution in [0.1, 0.15) is 11.1 Å². The molecule has 2 aromatic carbocycles. The Morgan fingerprint density at radius 2 is 1.68 bits per heavy atom. The zero-order valence-electron chi connectivity index (χ0n) is 12.5. The summed E-state index contributed by atoms with van der Waals surface area (Å²) in [5, 5.41) is 19.2. The van der Waals surface area contributed by atoms with Crippen molar-refractivity contribution in [1.82, 2.24) is 0 Å². The van der Waals surface area contributed by atoms with E-state index in [2.05, 4.69) is 4.99 Å². The van der Waals surface area contributed by atoms with Gasteiger partial charge >= 0.3 is 12.1 Å². The van der Waals surface area contributed by atoms with Gasteiger partial charge in [-0.3, -0.25) is 4.99 Å². The molecule has 0 saturated heterocycles. The number of hydrogen-bond acceptors (Lipinski definition) is 3. The van der Waals surface area contributed by atoms with Crippen LogP contribution < -0.4 is 0 Å². The van der Waals surface area contributed by atoms with E-state index in [4.69, 9.17) is 5.11 Å². The molecule has 0 aromatic heterocycles. The Morgan fingerprint density at radius 3 is 2.24 bits per heavy atom. The van der Waals surface area contributed by atoms with Gasteiger partial charge in [0.1, 0.15) is 17.1 Å². The number of aliphatic carboxylic acids is 1. The number of carbonyl (C=O) groups is 1. The maximum atomic E-state index is 13.1. The van der Waals surface area contributed by atoms with Gasteiger partial charge in [-0.2, -0.15) is 13.2 Å². The summed E-state index contributed by atoms with van der Waals surface area (Å²) in [6, 6.07) is 9.37. The number of benzene rings is 2. The lowest BCUT2D eigenvalue weighted by atomic mass is 10.1. The van der Waals surface area contributed by atoms with Gasteiger partial charge in [-0.15, -0.1) is 0 Å². The van der Waals surface area contributed by atoms with E-state index >= 15 is 0 Å². The van der Waals surface area contributed by atoms with Gasteiger partial charge in [-0.05, 0) is 18.2 Å². The first-order chi connectivity index (χ1) is 11.7. The van der Waals surface area contributed by atoms with Crippen LogP contribution in [0.3, 0.4) is 0 Å². The van der Waals surface area contributed by atoms with Crippen molar-refractivity contribution >= 4 is 23.6 Å². The number of halogens is 4. The molecule has 0 heterocycles. The fourth-order valence-corrected chi connectivity index (χ4v) is 1.95. The first-order valence-corrected chi connectivity index (χ1v) is 6.83. The minimum atomic E-state index is -4.87. The first kappa shape index (κ1) is 18.2. The van der Waals surface area contributed by atoms with Crippen molar-refractivity contribution in [1.29, 1.82) is 0 Å². The van der Waals surface area contributed by atoms with E-state index in [1.165, 1.54) is 12.1 Å². The molecular formula is C17H11F4NO3. The van der Waals surface area contributed by atoms with Crippen LogP contribution in [0.15, 0.2) is 59.1 Å². The molecule has 2 aromatic rings. The molecule has 130 valence electrons. The quantitative estimate of drug-likeness (QED) is 0.365. The third kappa shape index (κ3) is 4.43. The van der Waals surface area contributed by atoms with Crippen molar-refractivity contribution < 1.29 is 32.6 Å². The molecule has 25 heavy (non-hydrogen) atoms. The monoisotopic (exact) mass is 353 g/mol. The van der Waals surface area contributed by atoms with Crippen molar-refractivity contribution in [3.63, 3.8) is 0 Å². The molecule has 0 aliphatic heterocycles. The molecule has 0 atom stereocenters. The zero-order chi connectivity index (χ0) is 18.6. The highest BCUT2D eigenvalue weighted by Gasteiger charge is 2.34. The van der Waals surface area contributed by atoms with Gasteiger partial charge in [0.25, 0.3) is 0 Å². The van der Waals surface area contributed by atoms with E-state index in [1.807, 2.05) is 0 Å². The Kier molecular flexibility index (Phi) is 5.21. The lowest BCUT2D eigenvalue weighted by Crippen LogP contribution is -2.07. The number of hydrogen-bond donors (Lipinski definition) is 2. The molecule has 0 radical (unpaired) electrons. The van der Waals surface area contributed by atoms with Gasteiger partial charge in [-0.25, -0.2) is 9.18 Å². The highest BCUT2D eigenvalue weighted by Crippen LogP contribution is 2.36. The van der Waals surface area contributed by atoms with Crippen LogP contribution in [-0.4, -0.2) is 22.4 Å². The standard InChI is InChI=1S/C17H11F4NO3/c18-11-6-7-14(13(8-11)17(19,20)21)22-9-12(16(24)25)15(23)10-4-2-1-3-5-10/h1-9,23H,(H,24,25)/b15-12+,22-9?. The van der Waals surface area contributed by atoms with Crippen molar-refractivity contribution in [3.8, 4) is 0 Å². The highest BCUT2D eigenvalue weighted by molar-refractivity contribution is 6.14. The summed E-state index contributed by atoms with van der Waals surface area (Å²) in [6.45, 7) is 0. The fraction of sp³-hybridized carbons (Fsp3) is 0.0588. The molecule has 0 fully saturated rings. The second kappa shape index (κ2) is 7.16. The maximum absolute atomic E-state index is 13.1. The number of aliphatic imine (C=N–C) groups is 1. The SMILES string of the molecule is O=C(O)/C(C=Nc1ccc(F)cc1C(F)(F)F)=C(/O)c1ccccc1. The lowest BCUT2D eigenvalue weighted by molar-refractivity contribution is -0.137. The van der Waals surface area contributed by atoms with Crippen molar-refractivity contribution in [2.24, 2.45) is 4.99 Å². The summed E-state index contributed by atoms with van der Waals surface area (Å²) in [4.78, 5) is 14.8. The van der Waals surface area contributed by atoms with Crippen LogP contribution in [0, 0.1) is 5.82 Å². The van der Waals surface area contributed by atoms with Crippen LogP contribution in [0.4, 0.5) is 23.2 Å². The molecule has 0 bridgehead atoms. The van der Waals surface area contributed by atoms with E-state index in [-0.39, 0.29) is 11.6 Å². The van der Waals surface area contributed by atoms with Crippen molar-refractivity contribution in [3.05, 3.63) is 71.0 Å². The summed E-state index contributed by atoms with van der Waals surface area (Å²) in [5.41, 5.74) is -2.58. The molecule has 0 saturated carbocycles. The van der Waals surface area contributed by atoms with Crippen molar-refractivity contribution in [2.45, 2.75) is 6.18 Å². The van der Waals surface area contributed by atoms with E-state index < -0.39 is 40.5 Å². The number of rotatable bonds is 4. The normalized spacial score (nSPS) is 13.0. The second-order valence-corrected chi connectivity index (χ2v) is 4.85. The van der Waals surface area contributed by atoms with Gasteiger partial charge < -0.3 is 10.2 Å². The van der Waals surface area contributed by atoms with Crippen LogP contribution in [0.25, 0.3) is 5.76 Å². The second-order valence-electron chi connectivity index (χ2n) is 4.85.